The van der Waals surface area contributed by atoms with Crippen LogP contribution in [0.2, 0.25) is 0 Å². The van der Waals surface area contributed by atoms with Crippen LogP contribution in [0.5, 0.6) is 11.5 Å². The predicted octanol–water partition coefficient (Wildman–Crippen LogP) is 2.51. The minimum atomic E-state index is -0.318. The highest BCUT2D eigenvalue weighted by Gasteiger charge is 2.15. The topological polar surface area (TPSA) is 55.5 Å². The minimum absolute atomic E-state index is 0.115. The van der Waals surface area contributed by atoms with Gasteiger partial charge >= 0.3 is 0 Å². The molecule has 1 aromatic heterocycles. The van der Waals surface area contributed by atoms with Crippen molar-refractivity contribution in [2.45, 2.75) is 6.04 Å². The van der Waals surface area contributed by atoms with Crippen molar-refractivity contribution in [2.24, 2.45) is 5.73 Å². The van der Waals surface area contributed by atoms with Crippen molar-refractivity contribution in [1.82, 2.24) is 0 Å². The maximum absolute atomic E-state index is 9.96. The van der Waals surface area contributed by atoms with Gasteiger partial charge in [-0.2, -0.15) is 11.3 Å². The molecule has 0 unspecified atom stereocenters. The molecule has 0 spiro atoms. The number of methoxy groups -OCH3 is 1. The summed E-state index contributed by atoms with van der Waals surface area (Å²) in [5, 5.41) is 13.9. The first-order chi connectivity index (χ1) is 7.74. The van der Waals surface area contributed by atoms with Gasteiger partial charge in [-0.3, -0.25) is 0 Å². The maximum Gasteiger partial charge on any atom is 0.162 e. The van der Waals surface area contributed by atoms with Crippen molar-refractivity contribution in [3.05, 3.63) is 46.2 Å². The lowest BCUT2D eigenvalue weighted by molar-refractivity contribution is 0.369. The molecule has 0 saturated heterocycles. The Balaban J connectivity index is 2.41. The van der Waals surface area contributed by atoms with E-state index in [1.807, 2.05) is 22.9 Å². The van der Waals surface area contributed by atoms with E-state index in [1.54, 1.807) is 23.5 Å². The highest BCUT2D eigenvalue weighted by molar-refractivity contribution is 7.08. The Hall–Kier alpha value is -1.52. The molecule has 16 heavy (non-hydrogen) atoms. The molecule has 1 aromatic carbocycles. The standard InChI is InChI=1S/C12H13NO2S/c1-15-10-4-2-3-9(12(10)14)11(13)8-5-6-16-7-8/h2-7,11,14H,13H2,1H3/t11-/m1/s1. The normalized spacial score (nSPS) is 12.4. The summed E-state index contributed by atoms with van der Waals surface area (Å²) >= 11 is 1.59. The lowest BCUT2D eigenvalue weighted by atomic mass is 10.0. The molecule has 84 valence electrons. The number of hydrogen-bond acceptors (Lipinski definition) is 4. The van der Waals surface area contributed by atoms with Gasteiger partial charge in [-0.15, -0.1) is 0 Å². The fourth-order valence-corrected chi connectivity index (χ4v) is 2.28. The number of thiophene rings is 1. The smallest absolute Gasteiger partial charge is 0.162 e. The number of phenols is 1. The number of aromatic hydroxyl groups is 1. The van der Waals surface area contributed by atoms with E-state index in [9.17, 15) is 5.11 Å². The SMILES string of the molecule is COc1cccc([C@H](N)c2ccsc2)c1O. The zero-order valence-electron chi connectivity index (χ0n) is 8.88. The minimum Gasteiger partial charge on any atom is -0.504 e. The number of benzene rings is 1. The van der Waals surface area contributed by atoms with Gasteiger partial charge < -0.3 is 15.6 Å². The Labute approximate surface area is 98.1 Å². The predicted molar refractivity (Wildman–Crippen MR) is 65.0 cm³/mol. The van der Waals surface area contributed by atoms with Crippen LogP contribution in [0.3, 0.4) is 0 Å². The lowest BCUT2D eigenvalue weighted by Gasteiger charge is -2.14. The van der Waals surface area contributed by atoms with Crippen LogP contribution < -0.4 is 10.5 Å². The zero-order valence-corrected chi connectivity index (χ0v) is 9.70. The molecular formula is C12H13NO2S. The van der Waals surface area contributed by atoms with Crippen LogP contribution >= 0.6 is 11.3 Å². The van der Waals surface area contributed by atoms with Gasteiger partial charge in [0, 0.05) is 5.56 Å². The molecule has 3 N–H and O–H groups in total. The van der Waals surface area contributed by atoms with E-state index in [2.05, 4.69) is 0 Å². The highest BCUT2D eigenvalue weighted by Crippen LogP contribution is 2.35. The Morgan fingerprint density at radius 1 is 1.38 bits per heavy atom. The van der Waals surface area contributed by atoms with Crippen LogP contribution in [-0.4, -0.2) is 12.2 Å². The third-order valence-corrected chi connectivity index (χ3v) is 3.19. The second-order valence-corrected chi connectivity index (χ2v) is 4.21. The van der Waals surface area contributed by atoms with Crippen LogP contribution in [0.4, 0.5) is 0 Å². The summed E-state index contributed by atoms with van der Waals surface area (Å²) in [5.74, 6) is 0.562. The molecule has 0 bridgehead atoms. The Bertz CT molecular complexity index is 468. The highest BCUT2D eigenvalue weighted by atomic mass is 32.1. The number of nitrogens with two attached hydrogens (primary N) is 1. The Kier molecular flexibility index (Phi) is 3.12. The number of para-hydroxylation sites is 1. The fourth-order valence-electron chi connectivity index (χ4n) is 1.59. The van der Waals surface area contributed by atoms with Gasteiger partial charge in [0.1, 0.15) is 0 Å². The summed E-state index contributed by atoms with van der Waals surface area (Å²) in [7, 11) is 1.52. The van der Waals surface area contributed by atoms with Crippen molar-refractivity contribution in [3.63, 3.8) is 0 Å². The summed E-state index contributed by atoms with van der Waals surface area (Å²) in [6.07, 6.45) is 0. The van der Waals surface area contributed by atoms with Crippen LogP contribution in [0.25, 0.3) is 0 Å². The summed E-state index contributed by atoms with van der Waals surface area (Å²) in [6.45, 7) is 0. The first-order valence-corrected chi connectivity index (χ1v) is 5.82. The summed E-state index contributed by atoms with van der Waals surface area (Å²) in [6, 6.07) is 6.97. The van der Waals surface area contributed by atoms with Crippen molar-refractivity contribution < 1.29 is 9.84 Å². The fraction of sp³-hybridized carbons (Fsp3) is 0.167. The molecule has 0 amide bonds. The molecule has 2 aromatic rings. The molecule has 0 aliphatic heterocycles. The first-order valence-electron chi connectivity index (χ1n) is 4.87. The van der Waals surface area contributed by atoms with E-state index >= 15 is 0 Å². The molecule has 0 saturated carbocycles. The van der Waals surface area contributed by atoms with Crippen molar-refractivity contribution in [2.75, 3.05) is 7.11 Å². The van der Waals surface area contributed by atoms with E-state index in [-0.39, 0.29) is 11.8 Å². The molecule has 0 aliphatic rings. The average molecular weight is 235 g/mol. The second-order valence-electron chi connectivity index (χ2n) is 3.43. The summed E-state index contributed by atoms with van der Waals surface area (Å²) < 4.78 is 5.05. The molecular weight excluding hydrogens is 222 g/mol. The van der Waals surface area contributed by atoms with Gasteiger partial charge in [0.15, 0.2) is 11.5 Å². The van der Waals surface area contributed by atoms with Gasteiger partial charge in [-0.1, -0.05) is 12.1 Å². The molecule has 3 nitrogen and oxygen atoms in total. The molecule has 0 aliphatic carbocycles. The van der Waals surface area contributed by atoms with Gasteiger partial charge in [0.2, 0.25) is 0 Å². The molecule has 0 radical (unpaired) electrons. The molecule has 1 atom stereocenters. The average Bonchev–Trinajstić information content (AvgIpc) is 2.82. The van der Waals surface area contributed by atoms with E-state index < -0.39 is 0 Å². The molecule has 2 rings (SSSR count). The van der Waals surface area contributed by atoms with E-state index in [4.69, 9.17) is 10.5 Å². The number of hydrogen-bond donors (Lipinski definition) is 2. The maximum atomic E-state index is 9.96. The number of rotatable bonds is 3. The van der Waals surface area contributed by atoms with Crippen LogP contribution in [0.1, 0.15) is 17.2 Å². The Morgan fingerprint density at radius 3 is 2.81 bits per heavy atom. The third-order valence-electron chi connectivity index (χ3n) is 2.49. The quantitative estimate of drug-likeness (QED) is 0.859. The monoisotopic (exact) mass is 235 g/mol. The van der Waals surface area contributed by atoms with Gasteiger partial charge in [-0.25, -0.2) is 0 Å². The number of phenolic OH excluding ortho intramolecular Hbond substituents is 1. The van der Waals surface area contributed by atoms with Crippen molar-refractivity contribution in [3.8, 4) is 11.5 Å². The van der Waals surface area contributed by atoms with Crippen molar-refractivity contribution >= 4 is 11.3 Å². The lowest BCUT2D eigenvalue weighted by Crippen LogP contribution is -2.11. The van der Waals surface area contributed by atoms with Gasteiger partial charge in [-0.05, 0) is 28.5 Å². The first kappa shape index (κ1) is 11.0. The third kappa shape index (κ3) is 1.89. The second kappa shape index (κ2) is 4.55. The van der Waals surface area contributed by atoms with E-state index in [1.165, 1.54) is 7.11 Å². The van der Waals surface area contributed by atoms with Crippen LogP contribution in [0.15, 0.2) is 35.0 Å². The summed E-state index contributed by atoms with van der Waals surface area (Å²) in [4.78, 5) is 0. The molecule has 0 fully saturated rings. The van der Waals surface area contributed by atoms with Crippen LogP contribution in [-0.2, 0) is 0 Å². The Morgan fingerprint density at radius 2 is 2.19 bits per heavy atom. The zero-order chi connectivity index (χ0) is 11.5. The van der Waals surface area contributed by atoms with Gasteiger partial charge in [0.05, 0.1) is 13.2 Å². The molecule has 4 heteroatoms. The summed E-state index contributed by atoms with van der Waals surface area (Å²) in [5.41, 5.74) is 7.75. The van der Waals surface area contributed by atoms with Crippen LogP contribution in [0, 0.1) is 0 Å². The van der Waals surface area contributed by atoms with Gasteiger partial charge in [0.25, 0.3) is 0 Å². The molecule has 1 heterocycles. The van der Waals surface area contributed by atoms with E-state index in [0.717, 1.165) is 5.56 Å². The van der Waals surface area contributed by atoms with E-state index in [0.29, 0.717) is 11.3 Å². The largest absolute Gasteiger partial charge is 0.504 e. The van der Waals surface area contributed by atoms with Crippen molar-refractivity contribution in [1.29, 1.82) is 0 Å². The number of ether oxygens (including phenoxy) is 1.